The second-order valence-corrected chi connectivity index (χ2v) is 6.38. The summed E-state index contributed by atoms with van der Waals surface area (Å²) in [5.74, 6) is 0.983. The topological polar surface area (TPSA) is 67.8 Å². The van der Waals surface area contributed by atoms with Crippen LogP contribution in [0.1, 0.15) is 36.6 Å². The first-order valence-corrected chi connectivity index (χ1v) is 9.41. The molecule has 0 saturated carbocycles. The molecule has 0 bridgehead atoms. The van der Waals surface area contributed by atoms with E-state index in [0.29, 0.717) is 43.7 Å². The minimum Gasteiger partial charge on any atom is -0.475 e. The quantitative estimate of drug-likeness (QED) is 0.392. The number of hydrogen-bond acceptors (Lipinski definition) is 4. The highest BCUT2D eigenvalue weighted by Crippen LogP contribution is 2.17. The number of nitrogens with zero attached hydrogens (tertiary/aromatic N) is 2. The van der Waals surface area contributed by atoms with E-state index in [1.54, 1.807) is 32.4 Å². The Hall–Kier alpha value is -2.67. The van der Waals surface area contributed by atoms with E-state index in [2.05, 4.69) is 20.6 Å². The fourth-order valence-corrected chi connectivity index (χ4v) is 2.55. The van der Waals surface area contributed by atoms with Crippen LogP contribution in [0.15, 0.2) is 41.5 Å². The number of guanidine groups is 1. The van der Waals surface area contributed by atoms with Gasteiger partial charge in [-0.1, -0.05) is 18.2 Å². The van der Waals surface area contributed by atoms with Gasteiger partial charge in [0.2, 0.25) is 5.88 Å². The maximum absolute atomic E-state index is 13.9. The molecule has 1 unspecified atom stereocenters. The summed E-state index contributed by atoms with van der Waals surface area (Å²) < 4.78 is 24.5. The zero-order chi connectivity index (χ0) is 20.4. The van der Waals surface area contributed by atoms with E-state index in [1.807, 2.05) is 32.0 Å². The van der Waals surface area contributed by atoms with Crippen molar-refractivity contribution in [2.45, 2.75) is 33.4 Å². The van der Waals surface area contributed by atoms with E-state index in [1.165, 1.54) is 0 Å². The van der Waals surface area contributed by atoms with Crippen molar-refractivity contribution in [2.75, 3.05) is 26.9 Å². The van der Waals surface area contributed by atoms with Crippen molar-refractivity contribution in [3.05, 3.63) is 59.0 Å². The number of hydrogen-bond donors (Lipinski definition) is 2. The Balaban J connectivity index is 2.08. The summed E-state index contributed by atoms with van der Waals surface area (Å²) in [6, 6.07) is 8.94. The van der Waals surface area contributed by atoms with Gasteiger partial charge in [0.25, 0.3) is 0 Å². The molecule has 2 aromatic rings. The molecule has 0 radical (unpaired) electrons. The Morgan fingerprint density at radius 1 is 1.29 bits per heavy atom. The van der Waals surface area contributed by atoms with Crippen molar-refractivity contribution in [1.29, 1.82) is 0 Å². The minimum atomic E-state index is -0.207. The predicted octanol–water partition coefficient (Wildman–Crippen LogP) is 3.37. The largest absolute Gasteiger partial charge is 0.475 e. The summed E-state index contributed by atoms with van der Waals surface area (Å²) in [5.41, 5.74) is 2.37. The third kappa shape index (κ3) is 6.49. The summed E-state index contributed by atoms with van der Waals surface area (Å²) in [5, 5.41) is 6.53. The average Bonchev–Trinajstić information content (AvgIpc) is 2.69. The van der Waals surface area contributed by atoms with Crippen LogP contribution in [0.5, 0.6) is 5.88 Å². The zero-order valence-corrected chi connectivity index (χ0v) is 17.0. The number of benzene rings is 1. The number of ether oxygens (including phenoxy) is 2. The summed E-state index contributed by atoms with van der Waals surface area (Å²) in [6.07, 6.45) is 1.69. The first kappa shape index (κ1) is 21.6. The molecule has 1 heterocycles. The monoisotopic (exact) mass is 388 g/mol. The van der Waals surface area contributed by atoms with Crippen LogP contribution in [0.3, 0.4) is 0 Å². The van der Waals surface area contributed by atoms with Crippen LogP contribution in [0.25, 0.3) is 0 Å². The molecule has 1 atom stereocenters. The minimum absolute atomic E-state index is 0.0979. The summed E-state index contributed by atoms with van der Waals surface area (Å²) >= 11 is 0. The standard InChI is InChI=1S/C21H29FN4O2/c1-5-23-21(26-16(3)17-9-8-15(2)19(22)13-17)25-14-18-7-6-10-24-20(18)28-12-11-27-4/h6-10,13,16H,5,11-12,14H2,1-4H3,(H2,23,25,26). The molecular formula is C21H29FN4O2. The molecule has 2 rings (SSSR count). The van der Waals surface area contributed by atoms with E-state index >= 15 is 0 Å². The molecule has 0 aliphatic heterocycles. The number of pyridine rings is 1. The fourth-order valence-electron chi connectivity index (χ4n) is 2.55. The molecule has 152 valence electrons. The Bertz CT molecular complexity index is 783. The molecule has 2 N–H and O–H groups in total. The van der Waals surface area contributed by atoms with Crippen LogP contribution in [0, 0.1) is 12.7 Å². The van der Waals surface area contributed by atoms with Gasteiger partial charge in [0.15, 0.2) is 5.96 Å². The highest BCUT2D eigenvalue weighted by atomic mass is 19.1. The first-order chi connectivity index (χ1) is 13.5. The molecular weight excluding hydrogens is 359 g/mol. The third-order valence-electron chi connectivity index (χ3n) is 4.18. The van der Waals surface area contributed by atoms with E-state index in [-0.39, 0.29) is 11.9 Å². The molecule has 1 aromatic carbocycles. The normalized spacial score (nSPS) is 12.5. The van der Waals surface area contributed by atoms with Gasteiger partial charge in [-0.3, -0.25) is 0 Å². The molecule has 0 saturated heterocycles. The molecule has 1 aromatic heterocycles. The maximum Gasteiger partial charge on any atom is 0.218 e. The second kappa shape index (κ2) is 11.2. The number of rotatable bonds is 9. The molecule has 0 fully saturated rings. The molecule has 0 aliphatic carbocycles. The Morgan fingerprint density at radius 2 is 2.11 bits per heavy atom. The predicted molar refractivity (Wildman–Crippen MR) is 109 cm³/mol. The SMILES string of the molecule is CCNC(=NCc1cccnc1OCCOC)NC(C)c1ccc(C)c(F)c1. The van der Waals surface area contributed by atoms with Gasteiger partial charge in [-0.15, -0.1) is 0 Å². The summed E-state index contributed by atoms with van der Waals surface area (Å²) in [4.78, 5) is 8.90. The first-order valence-electron chi connectivity index (χ1n) is 9.41. The number of aromatic nitrogens is 1. The Labute approximate surface area is 166 Å². The average molecular weight is 388 g/mol. The van der Waals surface area contributed by atoms with E-state index in [9.17, 15) is 4.39 Å². The van der Waals surface area contributed by atoms with Crippen molar-refractivity contribution >= 4 is 5.96 Å². The maximum atomic E-state index is 13.9. The zero-order valence-electron chi connectivity index (χ0n) is 17.0. The molecule has 6 nitrogen and oxygen atoms in total. The van der Waals surface area contributed by atoms with Gasteiger partial charge in [0.05, 0.1) is 19.2 Å². The van der Waals surface area contributed by atoms with Gasteiger partial charge in [-0.05, 0) is 44.0 Å². The van der Waals surface area contributed by atoms with Gasteiger partial charge in [-0.2, -0.15) is 0 Å². The molecule has 0 spiro atoms. The lowest BCUT2D eigenvalue weighted by molar-refractivity contribution is 0.143. The number of nitrogens with one attached hydrogen (secondary N) is 2. The molecule has 0 aliphatic rings. The fraction of sp³-hybridized carbons (Fsp3) is 0.429. The summed E-state index contributed by atoms with van der Waals surface area (Å²) in [6.45, 7) is 7.76. The smallest absolute Gasteiger partial charge is 0.218 e. The van der Waals surface area contributed by atoms with E-state index in [4.69, 9.17) is 9.47 Å². The highest BCUT2D eigenvalue weighted by Gasteiger charge is 2.11. The van der Waals surface area contributed by atoms with Crippen molar-refractivity contribution in [3.8, 4) is 5.88 Å². The van der Waals surface area contributed by atoms with Crippen LogP contribution < -0.4 is 15.4 Å². The lowest BCUT2D eigenvalue weighted by Gasteiger charge is -2.19. The van der Waals surface area contributed by atoms with Crippen molar-refractivity contribution in [2.24, 2.45) is 4.99 Å². The summed E-state index contributed by atoms with van der Waals surface area (Å²) in [7, 11) is 1.63. The van der Waals surface area contributed by atoms with Gasteiger partial charge in [0, 0.05) is 25.4 Å². The van der Waals surface area contributed by atoms with Crippen LogP contribution in [0.4, 0.5) is 4.39 Å². The number of methoxy groups -OCH3 is 1. The molecule has 7 heteroatoms. The number of aliphatic imine (C=N–C) groups is 1. The number of aryl methyl sites for hydroxylation is 1. The van der Waals surface area contributed by atoms with E-state index < -0.39 is 0 Å². The lowest BCUT2D eigenvalue weighted by atomic mass is 10.1. The van der Waals surface area contributed by atoms with Crippen molar-refractivity contribution in [1.82, 2.24) is 15.6 Å². The Morgan fingerprint density at radius 3 is 2.82 bits per heavy atom. The van der Waals surface area contributed by atoms with E-state index in [0.717, 1.165) is 11.1 Å². The van der Waals surface area contributed by atoms with Crippen LogP contribution in [0.2, 0.25) is 0 Å². The van der Waals surface area contributed by atoms with Crippen LogP contribution in [-0.2, 0) is 11.3 Å². The van der Waals surface area contributed by atoms with Gasteiger partial charge >= 0.3 is 0 Å². The molecule has 28 heavy (non-hydrogen) atoms. The van der Waals surface area contributed by atoms with Crippen LogP contribution >= 0.6 is 0 Å². The Kier molecular flexibility index (Phi) is 8.68. The third-order valence-corrected chi connectivity index (χ3v) is 4.18. The van der Waals surface area contributed by atoms with Gasteiger partial charge in [-0.25, -0.2) is 14.4 Å². The number of halogens is 1. The second-order valence-electron chi connectivity index (χ2n) is 6.38. The molecule has 0 amide bonds. The van der Waals surface area contributed by atoms with Crippen molar-refractivity contribution in [3.63, 3.8) is 0 Å². The van der Waals surface area contributed by atoms with Gasteiger partial charge < -0.3 is 20.1 Å². The lowest BCUT2D eigenvalue weighted by Crippen LogP contribution is -2.38. The van der Waals surface area contributed by atoms with Gasteiger partial charge in [0.1, 0.15) is 12.4 Å². The van der Waals surface area contributed by atoms with Crippen LogP contribution in [-0.4, -0.2) is 37.8 Å². The van der Waals surface area contributed by atoms with Crippen molar-refractivity contribution < 1.29 is 13.9 Å². The highest BCUT2D eigenvalue weighted by molar-refractivity contribution is 5.80.